The molecule has 5 nitrogen and oxygen atoms in total. The molecule has 0 aliphatic carbocycles. The molecule has 2 unspecified atom stereocenters. The van der Waals surface area contributed by atoms with E-state index in [2.05, 4.69) is 4.03 Å². The van der Waals surface area contributed by atoms with Gasteiger partial charge in [0.2, 0.25) is 0 Å². The van der Waals surface area contributed by atoms with E-state index in [4.69, 9.17) is 15.4 Å². The third-order valence-corrected chi connectivity index (χ3v) is 14.1. The third-order valence-electron chi connectivity index (χ3n) is 5.72. The van der Waals surface area contributed by atoms with Gasteiger partial charge < -0.3 is 9.64 Å². The summed E-state index contributed by atoms with van der Waals surface area (Å²) < 4.78 is 37.9. The number of nitrogens with zero attached hydrogens (tertiary/aromatic N) is 2. The number of likely N-dealkylation sites (tertiary alicyclic amines) is 1. The minimum Gasteiger partial charge on any atom is -0.444 e. The first-order valence-electron chi connectivity index (χ1n) is 10.2. The Morgan fingerprint density at radius 3 is 2.37 bits per heavy atom. The molecule has 2 atom stereocenters. The van der Waals surface area contributed by atoms with Crippen molar-refractivity contribution in [2.24, 2.45) is 4.03 Å². The van der Waals surface area contributed by atoms with Gasteiger partial charge in [0.05, 0.1) is 4.90 Å². The predicted octanol–water partition coefficient (Wildman–Crippen LogP) is 6.54. The lowest BCUT2D eigenvalue weighted by molar-refractivity contribution is 0.0292. The number of hydrogen-bond donors (Lipinski definition) is 0. The molecule has 1 amide bonds. The number of benzene rings is 1. The fourth-order valence-electron chi connectivity index (χ4n) is 2.98. The van der Waals surface area contributed by atoms with Gasteiger partial charge in [-0.3, -0.25) is 4.03 Å². The molecule has 0 spiro atoms. The normalized spacial score (nSPS) is 20.1. The van der Waals surface area contributed by atoms with Crippen LogP contribution >= 0.6 is 10.7 Å². The van der Waals surface area contributed by atoms with Crippen molar-refractivity contribution in [1.29, 1.82) is 0 Å². The van der Waals surface area contributed by atoms with Crippen LogP contribution in [0, 0.1) is 5.82 Å². The monoisotopic (exact) mass is 476 g/mol. The Bertz CT molecular complexity index is 931. The Balaban J connectivity index is 2.24. The molecular weight excluding hydrogens is 443 g/mol. The summed E-state index contributed by atoms with van der Waals surface area (Å²) in [5.74, 6) is -0.629. The van der Waals surface area contributed by atoms with Crippen LogP contribution in [-0.4, -0.2) is 42.1 Å². The van der Waals surface area contributed by atoms with Crippen molar-refractivity contribution in [2.45, 2.75) is 82.5 Å². The quantitative estimate of drug-likeness (QED) is 0.367. The van der Waals surface area contributed by atoms with E-state index in [1.165, 1.54) is 12.1 Å². The Kier molecular flexibility index (Phi) is 7.06. The second-order valence-corrected chi connectivity index (χ2v) is 18.4. The van der Waals surface area contributed by atoms with Gasteiger partial charge in [0.1, 0.15) is 11.4 Å². The molecule has 170 valence electrons. The number of ether oxygens (including phenoxy) is 1. The molecule has 1 saturated heterocycles. The average Bonchev–Trinajstić information content (AvgIpc) is 3.00. The Hall–Kier alpha value is -1.12. The van der Waals surface area contributed by atoms with Gasteiger partial charge in [-0.25, -0.2) is 13.4 Å². The second-order valence-electron chi connectivity index (χ2n) is 10.5. The van der Waals surface area contributed by atoms with Gasteiger partial charge in [-0.2, -0.15) is 0 Å². The number of amides is 1. The summed E-state index contributed by atoms with van der Waals surface area (Å²) in [5.41, 5.74) is 0.193. The molecule has 1 heterocycles. The van der Waals surface area contributed by atoms with Gasteiger partial charge in [0, 0.05) is 29.7 Å². The first-order valence-corrected chi connectivity index (χ1v) is 15.5. The van der Waals surface area contributed by atoms with Gasteiger partial charge in [-0.15, -0.1) is 0 Å². The summed E-state index contributed by atoms with van der Waals surface area (Å²) >= 11 is 0. The molecule has 1 fully saturated rings. The second kappa shape index (κ2) is 8.43. The largest absolute Gasteiger partial charge is 0.444 e. The highest BCUT2D eigenvalue weighted by atomic mass is 35.7. The van der Waals surface area contributed by atoms with Crippen molar-refractivity contribution < 1.29 is 18.1 Å². The van der Waals surface area contributed by atoms with Crippen LogP contribution < -0.4 is 0 Å². The third kappa shape index (κ3) is 5.98. The molecule has 0 aromatic heterocycles. The lowest BCUT2D eigenvalue weighted by Crippen LogP contribution is -2.36. The Labute approximate surface area is 186 Å². The van der Waals surface area contributed by atoms with Gasteiger partial charge in [-0.05, 0) is 63.0 Å². The minimum absolute atomic E-state index is 0.00947. The van der Waals surface area contributed by atoms with E-state index in [9.17, 15) is 13.4 Å². The number of hydrogen-bond acceptors (Lipinski definition) is 4. The standard InChI is InChI=1S/C21H34ClFN2O3SSi/c1-20(2,3)28-19(26)25-12-11-16(14-25)15-9-10-18(17(23)13-15)29(22,27)24-30(7,8)21(4,5)6/h9-10,13,16H,11-12,14H2,1-8H3. The zero-order valence-electron chi connectivity index (χ0n) is 19.2. The van der Waals surface area contributed by atoms with Crippen molar-refractivity contribution in [1.82, 2.24) is 4.90 Å². The molecule has 9 heteroatoms. The van der Waals surface area contributed by atoms with Crippen LogP contribution in [-0.2, 0) is 13.7 Å². The lowest BCUT2D eigenvalue weighted by Gasteiger charge is -2.32. The van der Waals surface area contributed by atoms with E-state index >= 15 is 0 Å². The SMILES string of the molecule is CC(C)(C)OC(=O)N1CCC(c2ccc(S(=O)(Cl)=N[Si](C)(C)C(C)(C)C)c(F)c2)C1. The zero-order valence-corrected chi connectivity index (χ0v) is 21.8. The minimum atomic E-state index is -3.37. The molecule has 2 rings (SSSR count). The molecule has 0 saturated carbocycles. The maximum Gasteiger partial charge on any atom is 0.410 e. The van der Waals surface area contributed by atoms with Crippen LogP contribution in [0.15, 0.2) is 27.1 Å². The first-order chi connectivity index (χ1) is 13.4. The fourth-order valence-corrected chi connectivity index (χ4v) is 9.28. The number of rotatable bonds is 3. The van der Waals surface area contributed by atoms with Crippen molar-refractivity contribution in [3.05, 3.63) is 29.6 Å². The summed E-state index contributed by atoms with van der Waals surface area (Å²) in [5, 5.41) is -0.157. The maximum absolute atomic E-state index is 14.9. The molecule has 0 radical (unpaired) electrons. The van der Waals surface area contributed by atoms with Gasteiger partial charge in [-0.1, -0.05) is 26.8 Å². The van der Waals surface area contributed by atoms with E-state index in [0.717, 1.165) is 5.56 Å². The summed E-state index contributed by atoms with van der Waals surface area (Å²) in [7, 11) is 0.581. The van der Waals surface area contributed by atoms with E-state index in [0.29, 0.717) is 19.5 Å². The van der Waals surface area contributed by atoms with Crippen LogP contribution in [0.3, 0.4) is 0 Å². The van der Waals surface area contributed by atoms with Crippen molar-refractivity contribution in [3.63, 3.8) is 0 Å². The molecule has 30 heavy (non-hydrogen) atoms. The summed E-state index contributed by atoms with van der Waals surface area (Å²) in [6, 6.07) is 4.60. The van der Waals surface area contributed by atoms with Crippen LogP contribution in [0.4, 0.5) is 9.18 Å². The van der Waals surface area contributed by atoms with E-state index in [1.54, 1.807) is 11.0 Å². The smallest absolute Gasteiger partial charge is 0.410 e. The van der Waals surface area contributed by atoms with Crippen molar-refractivity contribution in [3.8, 4) is 0 Å². The highest BCUT2D eigenvalue weighted by molar-refractivity contribution is 8.16. The summed E-state index contributed by atoms with van der Waals surface area (Å²) in [6.45, 7) is 16.5. The lowest BCUT2D eigenvalue weighted by atomic mass is 9.98. The van der Waals surface area contributed by atoms with Gasteiger partial charge in [0.25, 0.3) is 0 Å². The summed E-state index contributed by atoms with van der Waals surface area (Å²) in [6.07, 6.45) is 0.349. The molecule has 1 aliphatic heterocycles. The number of halogens is 2. The first kappa shape index (κ1) is 25.1. The van der Waals surface area contributed by atoms with Crippen LogP contribution in [0.5, 0.6) is 0 Å². The van der Waals surface area contributed by atoms with E-state index < -0.39 is 28.6 Å². The fraction of sp³-hybridized carbons (Fsp3) is 0.667. The van der Waals surface area contributed by atoms with Crippen LogP contribution in [0.1, 0.15) is 59.4 Å². The number of carbonyl (C=O) groups excluding carboxylic acids is 1. The highest BCUT2D eigenvalue weighted by Crippen LogP contribution is 2.39. The highest BCUT2D eigenvalue weighted by Gasteiger charge is 2.38. The summed E-state index contributed by atoms with van der Waals surface area (Å²) in [4.78, 5) is 13.8. The molecule has 1 aromatic carbocycles. The van der Waals surface area contributed by atoms with Crippen molar-refractivity contribution >= 4 is 34.0 Å². The van der Waals surface area contributed by atoms with Gasteiger partial charge in [0.15, 0.2) is 17.2 Å². The molecular formula is C21H34ClFN2O3SSi. The predicted molar refractivity (Wildman–Crippen MR) is 123 cm³/mol. The Morgan fingerprint density at radius 1 is 1.27 bits per heavy atom. The Morgan fingerprint density at radius 2 is 1.87 bits per heavy atom. The van der Waals surface area contributed by atoms with E-state index in [1.807, 2.05) is 54.6 Å². The van der Waals surface area contributed by atoms with Crippen LogP contribution in [0.2, 0.25) is 18.1 Å². The van der Waals surface area contributed by atoms with Crippen molar-refractivity contribution in [2.75, 3.05) is 13.1 Å². The maximum atomic E-state index is 14.9. The molecule has 0 N–H and O–H groups in total. The molecule has 1 aromatic rings. The van der Waals surface area contributed by atoms with Gasteiger partial charge >= 0.3 is 6.09 Å². The zero-order chi connectivity index (χ0) is 23.1. The average molecular weight is 477 g/mol. The number of carbonyl (C=O) groups is 1. The van der Waals surface area contributed by atoms with Crippen LogP contribution in [0.25, 0.3) is 0 Å². The van der Waals surface area contributed by atoms with E-state index in [-0.39, 0.29) is 21.9 Å². The topological polar surface area (TPSA) is 59.0 Å². The molecule has 1 aliphatic rings. The molecule has 0 bridgehead atoms.